The molecule has 3 aromatic rings. The van der Waals surface area contributed by atoms with Crippen molar-refractivity contribution in [1.82, 2.24) is 14.5 Å². The minimum Gasteiger partial charge on any atom is -0.379 e. The van der Waals surface area contributed by atoms with Gasteiger partial charge in [0.2, 0.25) is 15.9 Å². The second-order valence-electron chi connectivity index (χ2n) is 10.6. The summed E-state index contributed by atoms with van der Waals surface area (Å²) >= 11 is 0. The highest BCUT2D eigenvalue weighted by Crippen LogP contribution is 2.31. The van der Waals surface area contributed by atoms with Crippen LogP contribution in [0.5, 0.6) is 0 Å². The number of morpholine rings is 1. The number of ether oxygens (including phenoxy) is 1. The lowest BCUT2D eigenvalue weighted by Gasteiger charge is -2.38. The summed E-state index contributed by atoms with van der Waals surface area (Å²) in [4.78, 5) is 29.9. The first kappa shape index (κ1) is 28.2. The van der Waals surface area contributed by atoms with Gasteiger partial charge in [-0.05, 0) is 43.0 Å². The van der Waals surface area contributed by atoms with Crippen LogP contribution in [0.25, 0.3) is 10.8 Å². The molecule has 2 atom stereocenters. The molecule has 0 radical (unpaired) electrons. The molecule has 5 rings (SSSR count). The topological polar surface area (TPSA) is 108 Å². The first-order valence-corrected chi connectivity index (χ1v) is 15.2. The Morgan fingerprint density at radius 2 is 1.65 bits per heavy atom. The third-order valence-electron chi connectivity index (χ3n) is 7.84. The van der Waals surface area contributed by atoms with Crippen LogP contribution in [0.2, 0.25) is 0 Å². The Balaban J connectivity index is 1.29. The van der Waals surface area contributed by atoms with Gasteiger partial charge in [0.1, 0.15) is 0 Å². The Labute approximate surface area is 235 Å². The van der Waals surface area contributed by atoms with E-state index < -0.39 is 10.0 Å². The van der Waals surface area contributed by atoms with E-state index in [0.717, 1.165) is 18.7 Å². The number of nitrogens with one attached hydrogen (secondary N) is 2. The second kappa shape index (κ2) is 12.1. The number of sulfonamides is 1. The zero-order valence-electron chi connectivity index (χ0n) is 22.9. The molecule has 2 saturated heterocycles. The van der Waals surface area contributed by atoms with E-state index in [1.807, 2.05) is 49.1 Å². The number of anilines is 1. The minimum atomic E-state index is -3.87. The number of hydrogen-bond donors (Lipinski definition) is 2. The lowest BCUT2D eigenvalue weighted by Crippen LogP contribution is -2.53. The second-order valence-corrected chi connectivity index (χ2v) is 12.3. The summed E-state index contributed by atoms with van der Waals surface area (Å²) in [5.41, 5.74) is 1.97. The lowest BCUT2D eigenvalue weighted by molar-refractivity contribution is -0.135. The van der Waals surface area contributed by atoms with Crippen LogP contribution < -0.4 is 10.0 Å². The lowest BCUT2D eigenvalue weighted by atomic mass is 9.95. The number of aryl methyl sites for hydroxylation is 1. The molecule has 0 unspecified atom stereocenters. The summed E-state index contributed by atoms with van der Waals surface area (Å²) in [7, 11) is -3.87. The molecule has 3 aromatic carbocycles. The Bertz CT molecular complexity index is 1500. The van der Waals surface area contributed by atoms with E-state index in [1.165, 1.54) is 0 Å². The van der Waals surface area contributed by atoms with Gasteiger partial charge in [0, 0.05) is 54.2 Å². The molecule has 2 aliphatic rings. The monoisotopic (exact) mass is 564 g/mol. The highest BCUT2D eigenvalue weighted by atomic mass is 32.2. The zero-order valence-corrected chi connectivity index (χ0v) is 23.7. The van der Waals surface area contributed by atoms with Crippen molar-refractivity contribution in [3.8, 4) is 0 Å². The van der Waals surface area contributed by atoms with Crippen molar-refractivity contribution in [2.45, 2.75) is 31.2 Å². The van der Waals surface area contributed by atoms with Crippen LogP contribution in [0, 0.1) is 12.8 Å². The number of benzene rings is 3. The Kier molecular flexibility index (Phi) is 8.51. The number of hydrogen-bond acceptors (Lipinski definition) is 6. The molecule has 0 saturated carbocycles. The van der Waals surface area contributed by atoms with Crippen molar-refractivity contribution >= 4 is 38.3 Å². The fourth-order valence-electron chi connectivity index (χ4n) is 5.49. The molecule has 9 nitrogen and oxygen atoms in total. The van der Waals surface area contributed by atoms with Crippen LogP contribution in [-0.4, -0.2) is 82.0 Å². The molecule has 0 aromatic heterocycles. The van der Waals surface area contributed by atoms with Crippen LogP contribution in [0.15, 0.2) is 65.6 Å². The van der Waals surface area contributed by atoms with E-state index >= 15 is 0 Å². The van der Waals surface area contributed by atoms with Gasteiger partial charge in [-0.15, -0.1) is 0 Å². The van der Waals surface area contributed by atoms with Gasteiger partial charge >= 0.3 is 0 Å². The van der Waals surface area contributed by atoms with Crippen LogP contribution in [-0.2, 0) is 19.6 Å². The number of rotatable bonds is 7. The van der Waals surface area contributed by atoms with E-state index in [1.54, 1.807) is 30.3 Å². The zero-order chi connectivity index (χ0) is 28.3. The number of amides is 2. The van der Waals surface area contributed by atoms with Gasteiger partial charge in [0.15, 0.2) is 0 Å². The van der Waals surface area contributed by atoms with Gasteiger partial charge in [-0.25, -0.2) is 13.1 Å². The summed E-state index contributed by atoms with van der Waals surface area (Å²) in [5, 5.41) is 4.13. The van der Waals surface area contributed by atoms with E-state index in [2.05, 4.69) is 14.9 Å². The first-order valence-electron chi connectivity index (χ1n) is 13.7. The van der Waals surface area contributed by atoms with Gasteiger partial charge < -0.3 is 15.0 Å². The predicted octanol–water partition coefficient (Wildman–Crippen LogP) is 3.25. The number of piperidine rings is 1. The number of carbonyl (C=O) groups is 2. The van der Waals surface area contributed by atoms with Gasteiger partial charge in [0.05, 0.1) is 24.7 Å². The van der Waals surface area contributed by atoms with E-state index in [4.69, 9.17) is 4.74 Å². The van der Waals surface area contributed by atoms with Crippen molar-refractivity contribution in [2.24, 2.45) is 5.92 Å². The molecular formula is C30H36N4O5S. The third kappa shape index (κ3) is 6.20. The maximum Gasteiger partial charge on any atom is 0.255 e. The molecular weight excluding hydrogens is 528 g/mol. The average Bonchev–Trinajstić information content (AvgIpc) is 2.95. The smallest absolute Gasteiger partial charge is 0.255 e. The molecule has 40 heavy (non-hydrogen) atoms. The normalized spacial score (nSPS) is 20.4. The maximum atomic E-state index is 13.6. The Morgan fingerprint density at radius 1 is 0.950 bits per heavy atom. The largest absolute Gasteiger partial charge is 0.379 e. The molecule has 212 valence electrons. The summed E-state index contributed by atoms with van der Waals surface area (Å²) in [6, 6.07) is 17.4. The average molecular weight is 565 g/mol. The molecule has 2 fully saturated rings. The molecule has 10 heteroatoms. The minimum absolute atomic E-state index is 0.0453. The third-order valence-corrected chi connectivity index (χ3v) is 9.39. The van der Waals surface area contributed by atoms with E-state index in [9.17, 15) is 18.0 Å². The standard InChI is InChI=1S/C30H36N4O5S/c1-21-7-3-4-8-23(21)30(36)31-27-11-12-28(25-10-6-5-9-24(25)27)40(37,38)32-26-13-14-34(19-22(26)2)29(35)20-33-15-17-39-18-16-33/h3-12,22,26,32H,13-20H2,1-2H3,(H,31,36)/t22-,26+/m0/s1. The van der Waals surface area contributed by atoms with Gasteiger partial charge in [0.25, 0.3) is 5.91 Å². The van der Waals surface area contributed by atoms with Gasteiger partial charge in [-0.1, -0.05) is 49.4 Å². The molecule has 2 N–H and O–H groups in total. The van der Waals surface area contributed by atoms with Crippen molar-refractivity contribution in [3.05, 3.63) is 71.8 Å². The van der Waals surface area contributed by atoms with Gasteiger partial charge in [-0.3, -0.25) is 14.5 Å². The maximum absolute atomic E-state index is 13.6. The highest BCUT2D eigenvalue weighted by Gasteiger charge is 2.33. The quantitative estimate of drug-likeness (QED) is 0.456. The fraction of sp³-hybridized carbons (Fsp3) is 0.400. The summed E-state index contributed by atoms with van der Waals surface area (Å²) < 4.78 is 35.6. The van der Waals surface area contributed by atoms with E-state index in [-0.39, 0.29) is 28.7 Å². The predicted molar refractivity (Wildman–Crippen MR) is 155 cm³/mol. The first-order chi connectivity index (χ1) is 19.2. The van der Waals surface area contributed by atoms with Gasteiger partial charge in [-0.2, -0.15) is 0 Å². The van der Waals surface area contributed by atoms with Crippen molar-refractivity contribution in [1.29, 1.82) is 0 Å². The number of nitrogens with zero attached hydrogens (tertiary/aromatic N) is 2. The highest BCUT2D eigenvalue weighted by molar-refractivity contribution is 7.89. The van der Waals surface area contributed by atoms with Crippen LogP contribution >= 0.6 is 0 Å². The number of likely N-dealkylation sites (tertiary alicyclic amines) is 1. The fourth-order valence-corrected chi connectivity index (χ4v) is 7.08. The van der Waals surface area contributed by atoms with Crippen molar-refractivity contribution < 1.29 is 22.7 Å². The van der Waals surface area contributed by atoms with Crippen molar-refractivity contribution in [2.75, 3.05) is 51.3 Å². The summed E-state index contributed by atoms with van der Waals surface area (Å²) in [6.45, 7) is 8.01. The molecule has 2 amide bonds. The number of fused-ring (bicyclic) bond motifs is 1. The Morgan fingerprint density at radius 3 is 2.38 bits per heavy atom. The summed E-state index contributed by atoms with van der Waals surface area (Å²) in [6.07, 6.45) is 0.539. The Hall–Kier alpha value is -3.31. The molecule has 2 heterocycles. The molecule has 2 aliphatic heterocycles. The van der Waals surface area contributed by atoms with E-state index in [0.29, 0.717) is 61.3 Å². The number of carbonyl (C=O) groups excluding carboxylic acids is 2. The SMILES string of the molecule is Cc1ccccc1C(=O)Nc1ccc(S(=O)(=O)N[C@@H]2CCN(C(=O)CN3CCOCC3)C[C@@H]2C)c2ccccc12. The van der Waals surface area contributed by atoms with Crippen molar-refractivity contribution in [3.63, 3.8) is 0 Å². The molecule has 0 aliphatic carbocycles. The molecule has 0 spiro atoms. The molecule has 0 bridgehead atoms. The van der Waals surface area contributed by atoms with Crippen LogP contribution in [0.4, 0.5) is 5.69 Å². The van der Waals surface area contributed by atoms with Crippen LogP contribution in [0.3, 0.4) is 0 Å². The van der Waals surface area contributed by atoms with Crippen LogP contribution in [0.1, 0.15) is 29.3 Å². The summed E-state index contributed by atoms with van der Waals surface area (Å²) in [5.74, 6) is -0.221.